The van der Waals surface area contributed by atoms with Gasteiger partial charge in [0.25, 0.3) is 5.91 Å². The normalized spacial score (nSPS) is 17.6. The van der Waals surface area contributed by atoms with Crippen LogP contribution >= 0.6 is 0 Å². The van der Waals surface area contributed by atoms with Gasteiger partial charge < -0.3 is 30.1 Å². The molecule has 3 N–H and O–H groups in total. The summed E-state index contributed by atoms with van der Waals surface area (Å²) >= 11 is 0. The van der Waals surface area contributed by atoms with E-state index in [0.717, 1.165) is 0 Å². The van der Waals surface area contributed by atoms with Gasteiger partial charge in [-0.25, -0.2) is 9.59 Å². The number of nitrogens with one attached hydrogen (secondary N) is 2. The lowest BCUT2D eigenvalue weighted by molar-refractivity contribution is -0.142. The summed E-state index contributed by atoms with van der Waals surface area (Å²) in [6, 6.07) is 13.7. The number of aliphatic hydroxyl groups is 1. The van der Waals surface area contributed by atoms with Gasteiger partial charge in [0.2, 0.25) is 0 Å². The highest BCUT2D eigenvalue weighted by atomic mass is 16.6. The van der Waals surface area contributed by atoms with Gasteiger partial charge in [-0.3, -0.25) is 4.79 Å². The number of urea groups is 1. The summed E-state index contributed by atoms with van der Waals surface area (Å²) in [6.07, 6.45) is 0.191. The quantitative estimate of drug-likeness (QED) is 0.552. The number of rotatable bonds is 6. The number of hydrogen-bond acceptors (Lipinski definition) is 7. The highest BCUT2D eigenvalue weighted by Crippen LogP contribution is 2.17. The maximum atomic E-state index is 12.8. The third-order valence-electron chi connectivity index (χ3n) is 5.36. The van der Waals surface area contributed by atoms with Crippen LogP contribution in [0.4, 0.5) is 10.5 Å². The van der Waals surface area contributed by atoms with Gasteiger partial charge in [-0.15, -0.1) is 0 Å². The average molecular weight is 466 g/mol. The first-order valence-electron chi connectivity index (χ1n) is 10.7. The van der Waals surface area contributed by atoms with Crippen molar-refractivity contribution in [3.63, 3.8) is 0 Å². The lowest BCUT2D eigenvalue weighted by Crippen LogP contribution is -2.50. The van der Waals surface area contributed by atoms with Crippen LogP contribution in [-0.4, -0.2) is 66.9 Å². The molecule has 0 unspecified atom stereocenters. The predicted molar refractivity (Wildman–Crippen MR) is 122 cm³/mol. The molecule has 0 spiro atoms. The first-order valence-corrected chi connectivity index (χ1v) is 10.7. The second-order valence-corrected chi connectivity index (χ2v) is 7.75. The van der Waals surface area contributed by atoms with Crippen molar-refractivity contribution in [3.8, 4) is 11.8 Å². The Morgan fingerprint density at radius 2 is 1.97 bits per heavy atom. The Labute approximate surface area is 197 Å². The Morgan fingerprint density at radius 3 is 2.68 bits per heavy atom. The summed E-state index contributed by atoms with van der Waals surface area (Å²) in [5.74, 6) is -0.525. The minimum atomic E-state index is -0.814. The van der Waals surface area contributed by atoms with E-state index in [-0.39, 0.29) is 19.2 Å². The van der Waals surface area contributed by atoms with Crippen LogP contribution in [-0.2, 0) is 9.53 Å². The number of benzene rings is 2. The van der Waals surface area contributed by atoms with Crippen molar-refractivity contribution in [2.45, 2.75) is 25.0 Å². The SMILES string of the molecule is COC(=O)COc1ccc(C(=O)N[C@@H]2CN(C(=O)Nc3cccc(C#N)c3)CCC[C@H]2O)cc1. The van der Waals surface area contributed by atoms with Crippen LogP contribution < -0.4 is 15.4 Å². The smallest absolute Gasteiger partial charge is 0.343 e. The molecule has 1 aliphatic heterocycles. The Bertz CT molecular complexity index is 1070. The molecule has 34 heavy (non-hydrogen) atoms. The van der Waals surface area contributed by atoms with Crippen molar-refractivity contribution in [2.24, 2.45) is 0 Å². The summed E-state index contributed by atoms with van der Waals surface area (Å²) < 4.78 is 9.78. The lowest BCUT2D eigenvalue weighted by Gasteiger charge is -2.27. The third kappa shape index (κ3) is 6.70. The van der Waals surface area contributed by atoms with E-state index in [9.17, 15) is 19.5 Å². The van der Waals surface area contributed by atoms with Crippen LogP contribution in [0.1, 0.15) is 28.8 Å². The molecule has 10 heteroatoms. The molecule has 0 aliphatic carbocycles. The monoisotopic (exact) mass is 466 g/mol. The molecule has 2 atom stereocenters. The van der Waals surface area contributed by atoms with Crippen LogP contribution in [0.2, 0.25) is 0 Å². The highest BCUT2D eigenvalue weighted by Gasteiger charge is 2.29. The molecule has 0 radical (unpaired) electrons. The number of methoxy groups -OCH3 is 1. The largest absolute Gasteiger partial charge is 0.482 e. The summed E-state index contributed by atoms with van der Waals surface area (Å²) in [4.78, 5) is 38.2. The van der Waals surface area contributed by atoms with E-state index in [4.69, 9.17) is 10.00 Å². The van der Waals surface area contributed by atoms with Gasteiger partial charge in [-0.2, -0.15) is 5.26 Å². The van der Waals surface area contributed by atoms with Gasteiger partial charge in [0.1, 0.15) is 5.75 Å². The molecule has 0 saturated carbocycles. The Hall–Kier alpha value is -4.10. The Balaban J connectivity index is 1.61. The van der Waals surface area contributed by atoms with Gasteiger partial charge in [0, 0.05) is 24.3 Å². The molecule has 178 valence electrons. The summed E-state index contributed by atoms with van der Waals surface area (Å²) in [5, 5.41) is 25.1. The molecule has 10 nitrogen and oxygen atoms in total. The second kappa shape index (κ2) is 11.7. The predicted octanol–water partition coefficient (Wildman–Crippen LogP) is 1.90. The van der Waals surface area contributed by atoms with Gasteiger partial charge in [-0.05, 0) is 55.3 Å². The number of aliphatic hydroxyl groups excluding tert-OH is 1. The zero-order valence-electron chi connectivity index (χ0n) is 18.7. The number of anilines is 1. The number of hydrogen-bond donors (Lipinski definition) is 3. The lowest BCUT2D eigenvalue weighted by atomic mass is 10.1. The van der Waals surface area contributed by atoms with E-state index in [0.29, 0.717) is 42.0 Å². The highest BCUT2D eigenvalue weighted by molar-refractivity contribution is 5.94. The van der Waals surface area contributed by atoms with E-state index in [1.54, 1.807) is 36.4 Å². The molecule has 1 fully saturated rings. The maximum Gasteiger partial charge on any atom is 0.343 e. The van der Waals surface area contributed by atoms with Gasteiger partial charge in [-0.1, -0.05) is 6.07 Å². The number of likely N-dealkylation sites (tertiary alicyclic amines) is 1. The Kier molecular flexibility index (Phi) is 8.43. The first-order chi connectivity index (χ1) is 16.4. The van der Waals surface area contributed by atoms with E-state index >= 15 is 0 Å². The zero-order valence-corrected chi connectivity index (χ0v) is 18.7. The van der Waals surface area contributed by atoms with Gasteiger partial charge in [0.05, 0.1) is 30.9 Å². The number of ether oxygens (including phenoxy) is 2. The van der Waals surface area contributed by atoms with E-state index in [2.05, 4.69) is 15.4 Å². The fourth-order valence-electron chi connectivity index (χ4n) is 3.49. The fraction of sp³-hybridized carbons (Fsp3) is 0.333. The third-order valence-corrected chi connectivity index (χ3v) is 5.36. The van der Waals surface area contributed by atoms with Crippen molar-refractivity contribution in [1.29, 1.82) is 5.26 Å². The average Bonchev–Trinajstić information content (AvgIpc) is 3.04. The second-order valence-electron chi connectivity index (χ2n) is 7.75. The number of nitriles is 1. The van der Waals surface area contributed by atoms with Crippen LogP contribution in [0.5, 0.6) is 5.75 Å². The molecule has 1 heterocycles. The van der Waals surface area contributed by atoms with Crippen LogP contribution in [0.3, 0.4) is 0 Å². The summed E-state index contributed by atoms with van der Waals surface area (Å²) in [6.45, 7) is 0.297. The number of carbonyl (C=O) groups is 3. The fourth-order valence-corrected chi connectivity index (χ4v) is 3.49. The topological polar surface area (TPSA) is 141 Å². The van der Waals surface area contributed by atoms with E-state index in [1.807, 2.05) is 6.07 Å². The zero-order chi connectivity index (χ0) is 24.5. The van der Waals surface area contributed by atoms with Crippen molar-refractivity contribution in [1.82, 2.24) is 10.2 Å². The molecule has 1 saturated heterocycles. The molecule has 1 aliphatic rings. The van der Waals surface area contributed by atoms with Crippen LogP contribution in [0.15, 0.2) is 48.5 Å². The molecule has 2 aromatic rings. The first kappa shape index (κ1) is 24.5. The summed E-state index contributed by atoms with van der Waals surface area (Å²) in [7, 11) is 1.26. The number of esters is 1. The minimum Gasteiger partial charge on any atom is -0.482 e. The van der Waals surface area contributed by atoms with Crippen molar-refractivity contribution >= 4 is 23.6 Å². The van der Waals surface area contributed by atoms with Gasteiger partial charge >= 0.3 is 12.0 Å². The molecular weight excluding hydrogens is 440 g/mol. The summed E-state index contributed by atoms with van der Waals surface area (Å²) in [5.41, 5.74) is 1.26. The molecule has 0 aromatic heterocycles. The number of nitrogens with zero attached hydrogens (tertiary/aromatic N) is 2. The van der Waals surface area contributed by atoms with Crippen molar-refractivity contribution in [2.75, 3.05) is 32.1 Å². The van der Waals surface area contributed by atoms with Crippen LogP contribution in [0.25, 0.3) is 0 Å². The molecule has 0 bridgehead atoms. The van der Waals surface area contributed by atoms with Crippen molar-refractivity contribution in [3.05, 3.63) is 59.7 Å². The Morgan fingerprint density at radius 1 is 1.21 bits per heavy atom. The maximum absolute atomic E-state index is 12.8. The molecule has 2 aromatic carbocycles. The molecular formula is C24H26N4O6. The molecule has 3 rings (SSSR count). The van der Waals surface area contributed by atoms with Crippen LogP contribution in [0, 0.1) is 11.3 Å². The minimum absolute atomic E-state index is 0.122. The van der Waals surface area contributed by atoms with E-state index < -0.39 is 24.0 Å². The standard InChI is InChI=1S/C24H26N4O6/c1-33-22(30)15-34-19-9-7-17(8-10-19)23(31)27-20-14-28(11-3-6-21(20)29)24(32)26-18-5-2-4-16(12-18)13-25/h2,4-5,7-10,12,20-21,29H,3,6,11,14-15H2,1H3,(H,26,32)(H,27,31)/t20-,21-/m1/s1. The molecule has 3 amide bonds. The number of amides is 3. The van der Waals surface area contributed by atoms with Crippen molar-refractivity contribution < 1.29 is 29.0 Å². The number of carbonyl (C=O) groups excluding carboxylic acids is 3. The van der Waals surface area contributed by atoms with E-state index in [1.165, 1.54) is 24.1 Å². The van der Waals surface area contributed by atoms with Gasteiger partial charge in [0.15, 0.2) is 6.61 Å².